The number of nitrogens with one attached hydrogen (secondary N) is 1. The second kappa shape index (κ2) is 7.55. The van der Waals surface area contributed by atoms with Gasteiger partial charge in [-0.05, 0) is 31.9 Å². The van der Waals surface area contributed by atoms with Crippen LogP contribution in [-0.2, 0) is 17.8 Å². The third kappa shape index (κ3) is 3.75. The molecule has 1 aromatic heterocycles. The number of imidazole rings is 1. The van der Waals surface area contributed by atoms with Crippen molar-refractivity contribution < 1.29 is 9.59 Å². The largest absolute Gasteiger partial charge is 0.355 e. The molecule has 1 aliphatic rings. The van der Waals surface area contributed by atoms with Crippen LogP contribution in [0.4, 0.5) is 4.79 Å². The van der Waals surface area contributed by atoms with E-state index in [-0.39, 0.29) is 11.8 Å². The van der Waals surface area contributed by atoms with E-state index in [1.165, 1.54) is 0 Å². The first kappa shape index (κ1) is 17.3. The highest BCUT2D eigenvalue weighted by Gasteiger charge is 2.27. The summed E-state index contributed by atoms with van der Waals surface area (Å²) in [4.78, 5) is 29.9. The van der Waals surface area contributed by atoms with E-state index in [0.29, 0.717) is 26.1 Å². The van der Waals surface area contributed by atoms with E-state index in [4.69, 9.17) is 5.73 Å². The predicted molar refractivity (Wildman–Crippen MR) is 96.0 cm³/mol. The number of aromatic nitrogens is 2. The summed E-state index contributed by atoms with van der Waals surface area (Å²) in [5.41, 5.74) is 7.42. The molecule has 0 radical (unpaired) electrons. The summed E-state index contributed by atoms with van der Waals surface area (Å²) in [6.07, 6.45) is 2.29. The van der Waals surface area contributed by atoms with Crippen molar-refractivity contribution in [2.75, 3.05) is 19.6 Å². The third-order valence-corrected chi connectivity index (χ3v) is 4.80. The molecule has 1 saturated heterocycles. The Labute approximate surface area is 147 Å². The van der Waals surface area contributed by atoms with Crippen LogP contribution in [0.5, 0.6) is 0 Å². The molecule has 134 valence electrons. The van der Waals surface area contributed by atoms with Crippen LogP contribution in [-0.4, -0.2) is 46.0 Å². The van der Waals surface area contributed by atoms with Crippen molar-refractivity contribution in [3.63, 3.8) is 0 Å². The molecule has 2 heterocycles. The fourth-order valence-electron chi connectivity index (χ4n) is 3.50. The quantitative estimate of drug-likeness (QED) is 0.861. The zero-order chi connectivity index (χ0) is 17.8. The maximum atomic E-state index is 12.4. The molecular weight excluding hydrogens is 318 g/mol. The number of para-hydroxylation sites is 2. The Hall–Kier alpha value is -2.57. The number of likely N-dealkylation sites (tertiary alicyclic amines) is 1. The van der Waals surface area contributed by atoms with Gasteiger partial charge in [-0.15, -0.1) is 0 Å². The minimum absolute atomic E-state index is 0.00916. The van der Waals surface area contributed by atoms with Gasteiger partial charge in [0.1, 0.15) is 5.82 Å². The maximum Gasteiger partial charge on any atom is 0.314 e. The van der Waals surface area contributed by atoms with Crippen molar-refractivity contribution in [3.05, 3.63) is 30.1 Å². The standard InChI is InChI=1S/C18H25N5O2/c1-2-23-15-8-4-3-7-14(15)21-16(23)9-10-20-17(24)13-6-5-11-22(12-13)18(19)25/h3-4,7-8,13H,2,5-6,9-12H2,1H3,(H2,19,25)(H,20,24). The van der Waals surface area contributed by atoms with E-state index in [2.05, 4.69) is 27.9 Å². The molecule has 1 aromatic carbocycles. The summed E-state index contributed by atoms with van der Waals surface area (Å²) in [5.74, 6) is 0.794. The first-order chi connectivity index (χ1) is 12.1. The zero-order valence-electron chi connectivity index (χ0n) is 14.6. The van der Waals surface area contributed by atoms with Crippen LogP contribution >= 0.6 is 0 Å². The van der Waals surface area contributed by atoms with Gasteiger partial charge in [0.15, 0.2) is 0 Å². The van der Waals surface area contributed by atoms with Crippen LogP contribution in [0.2, 0.25) is 0 Å². The number of fused-ring (bicyclic) bond motifs is 1. The molecule has 1 unspecified atom stereocenters. The van der Waals surface area contributed by atoms with Gasteiger partial charge in [0.25, 0.3) is 0 Å². The van der Waals surface area contributed by atoms with Crippen LogP contribution in [0.25, 0.3) is 11.0 Å². The Morgan fingerprint density at radius 2 is 2.16 bits per heavy atom. The summed E-state index contributed by atoms with van der Waals surface area (Å²) in [7, 11) is 0. The smallest absolute Gasteiger partial charge is 0.314 e. The summed E-state index contributed by atoms with van der Waals surface area (Å²) >= 11 is 0. The Kier molecular flexibility index (Phi) is 5.21. The lowest BCUT2D eigenvalue weighted by Crippen LogP contribution is -2.47. The second-order valence-electron chi connectivity index (χ2n) is 6.43. The molecule has 25 heavy (non-hydrogen) atoms. The van der Waals surface area contributed by atoms with Crippen molar-refractivity contribution >= 4 is 23.0 Å². The first-order valence-electron chi connectivity index (χ1n) is 8.86. The highest BCUT2D eigenvalue weighted by atomic mass is 16.2. The summed E-state index contributed by atoms with van der Waals surface area (Å²) < 4.78 is 2.18. The maximum absolute atomic E-state index is 12.4. The number of amides is 3. The van der Waals surface area contributed by atoms with Gasteiger partial charge in [-0.25, -0.2) is 9.78 Å². The van der Waals surface area contributed by atoms with Gasteiger partial charge in [-0.2, -0.15) is 0 Å². The average Bonchev–Trinajstić information content (AvgIpc) is 2.99. The van der Waals surface area contributed by atoms with Gasteiger partial charge in [0, 0.05) is 32.6 Å². The van der Waals surface area contributed by atoms with Gasteiger partial charge in [0.2, 0.25) is 5.91 Å². The molecule has 3 rings (SSSR count). The van der Waals surface area contributed by atoms with Crippen LogP contribution in [0.1, 0.15) is 25.6 Å². The zero-order valence-corrected chi connectivity index (χ0v) is 14.6. The van der Waals surface area contributed by atoms with E-state index >= 15 is 0 Å². The van der Waals surface area contributed by atoms with Gasteiger partial charge in [0.05, 0.1) is 17.0 Å². The average molecular weight is 343 g/mol. The number of aryl methyl sites for hydroxylation is 1. The fraction of sp³-hybridized carbons (Fsp3) is 0.500. The summed E-state index contributed by atoms with van der Waals surface area (Å²) in [6.45, 7) is 4.53. The lowest BCUT2D eigenvalue weighted by atomic mass is 9.97. The SMILES string of the molecule is CCn1c(CCNC(=O)C2CCCN(C(N)=O)C2)nc2ccccc21. The lowest BCUT2D eigenvalue weighted by molar-refractivity contribution is -0.126. The number of rotatable bonds is 5. The highest BCUT2D eigenvalue weighted by molar-refractivity contribution is 5.80. The molecule has 0 aliphatic carbocycles. The summed E-state index contributed by atoms with van der Waals surface area (Å²) in [5, 5.41) is 2.98. The predicted octanol–water partition coefficient (Wildman–Crippen LogP) is 1.51. The minimum Gasteiger partial charge on any atom is -0.355 e. The number of urea groups is 1. The molecule has 0 bridgehead atoms. The van der Waals surface area contributed by atoms with Crippen molar-refractivity contribution in [3.8, 4) is 0 Å². The van der Waals surface area contributed by atoms with E-state index in [9.17, 15) is 9.59 Å². The van der Waals surface area contributed by atoms with Crippen molar-refractivity contribution in [2.45, 2.75) is 32.7 Å². The van der Waals surface area contributed by atoms with Gasteiger partial charge < -0.3 is 20.5 Å². The van der Waals surface area contributed by atoms with Crippen molar-refractivity contribution in [1.82, 2.24) is 19.8 Å². The Bertz CT molecular complexity index is 770. The number of nitrogens with two attached hydrogens (primary N) is 1. The first-order valence-corrected chi connectivity index (χ1v) is 8.86. The van der Waals surface area contributed by atoms with Crippen LogP contribution in [0.15, 0.2) is 24.3 Å². The molecule has 1 fully saturated rings. The topological polar surface area (TPSA) is 93.3 Å². The molecule has 0 spiro atoms. The van der Waals surface area contributed by atoms with Crippen molar-refractivity contribution in [1.29, 1.82) is 0 Å². The Balaban J connectivity index is 1.57. The number of primary amides is 1. The van der Waals surface area contributed by atoms with Crippen LogP contribution < -0.4 is 11.1 Å². The normalized spacial score (nSPS) is 17.6. The van der Waals surface area contributed by atoms with Gasteiger partial charge in [-0.3, -0.25) is 4.79 Å². The molecule has 2 aromatic rings. The van der Waals surface area contributed by atoms with Gasteiger partial charge in [-0.1, -0.05) is 12.1 Å². The highest BCUT2D eigenvalue weighted by Crippen LogP contribution is 2.17. The number of carbonyl (C=O) groups excluding carboxylic acids is 2. The van der Waals surface area contributed by atoms with E-state index in [1.54, 1.807) is 4.90 Å². The third-order valence-electron chi connectivity index (χ3n) is 4.80. The van der Waals surface area contributed by atoms with Crippen LogP contribution in [0.3, 0.4) is 0 Å². The minimum atomic E-state index is -0.450. The molecular formula is C18H25N5O2. The number of carbonyl (C=O) groups is 2. The number of benzene rings is 1. The van der Waals surface area contributed by atoms with Gasteiger partial charge >= 0.3 is 6.03 Å². The molecule has 0 saturated carbocycles. The number of nitrogens with zero attached hydrogens (tertiary/aromatic N) is 3. The molecule has 1 aliphatic heterocycles. The summed E-state index contributed by atoms with van der Waals surface area (Å²) in [6, 6.07) is 7.61. The lowest BCUT2D eigenvalue weighted by Gasteiger charge is -2.30. The number of hydrogen-bond donors (Lipinski definition) is 2. The molecule has 1 atom stereocenters. The molecule has 7 heteroatoms. The molecule has 3 N–H and O–H groups in total. The molecule has 3 amide bonds. The fourth-order valence-corrected chi connectivity index (χ4v) is 3.50. The number of piperidine rings is 1. The monoisotopic (exact) mass is 343 g/mol. The van der Waals surface area contributed by atoms with E-state index in [1.807, 2.05) is 18.2 Å². The van der Waals surface area contributed by atoms with E-state index < -0.39 is 6.03 Å². The second-order valence-corrected chi connectivity index (χ2v) is 6.43. The Morgan fingerprint density at radius 3 is 2.92 bits per heavy atom. The van der Waals surface area contributed by atoms with Crippen LogP contribution in [0, 0.1) is 5.92 Å². The van der Waals surface area contributed by atoms with Crippen molar-refractivity contribution in [2.24, 2.45) is 11.7 Å². The molecule has 7 nitrogen and oxygen atoms in total. The van der Waals surface area contributed by atoms with E-state index in [0.717, 1.165) is 36.2 Å². The number of hydrogen-bond acceptors (Lipinski definition) is 3. The Morgan fingerprint density at radius 1 is 1.36 bits per heavy atom.